The van der Waals surface area contributed by atoms with Crippen molar-refractivity contribution in [1.82, 2.24) is 0 Å². The van der Waals surface area contributed by atoms with Gasteiger partial charge in [0.15, 0.2) is 0 Å². The van der Waals surface area contributed by atoms with E-state index in [0.29, 0.717) is 12.4 Å². The number of carbonyl (C=O) groups is 1. The molecular formula is C20H30O3. The van der Waals surface area contributed by atoms with Crippen LogP contribution in [0.4, 0.5) is 0 Å². The molecule has 3 nitrogen and oxygen atoms in total. The Labute approximate surface area is 140 Å². The van der Waals surface area contributed by atoms with Crippen LogP contribution in [-0.4, -0.2) is 12.6 Å². The first-order valence-corrected chi connectivity index (χ1v) is 7.97. The summed E-state index contributed by atoms with van der Waals surface area (Å²) in [4.78, 5) is 11.6. The van der Waals surface area contributed by atoms with Gasteiger partial charge in [0.05, 0.1) is 0 Å². The molecule has 1 rings (SSSR count). The summed E-state index contributed by atoms with van der Waals surface area (Å²) in [5, 5.41) is 0. The third-order valence-corrected chi connectivity index (χ3v) is 3.41. The highest BCUT2D eigenvalue weighted by Gasteiger charge is 2.29. The molecule has 1 aromatic carbocycles. The van der Waals surface area contributed by atoms with Gasteiger partial charge < -0.3 is 9.47 Å². The van der Waals surface area contributed by atoms with E-state index in [4.69, 9.17) is 9.47 Å². The minimum Gasteiger partial charge on any atom is -0.489 e. The van der Waals surface area contributed by atoms with Crippen LogP contribution < -0.4 is 9.47 Å². The van der Waals surface area contributed by atoms with Crippen LogP contribution in [0, 0.1) is 0 Å². The molecule has 0 aliphatic heterocycles. The molecule has 0 unspecified atom stereocenters. The third-order valence-electron chi connectivity index (χ3n) is 3.41. The van der Waals surface area contributed by atoms with Gasteiger partial charge in [-0.25, -0.2) is 0 Å². The van der Waals surface area contributed by atoms with Crippen molar-refractivity contribution in [3.63, 3.8) is 0 Å². The summed E-state index contributed by atoms with van der Waals surface area (Å²) in [5.74, 6) is 1.12. The Morgan fingerprint density at radius 3 is 1.74 bits per heavy atom. The van der Waals surface area contributed by atoms with Crippen molar-refractivity contribution in [3.8, 4) is 11.5 Å². The molecule has 1 aromatic rings. The number of esters is 1. The summed E-state index contributed by atoms with van der Waals surface area (Å²) in [6.07, 6.45) is 0. The molecule has 0 spiro atoms. The van der Waals surface area contributed by atoms with E-state index in [0.717, 1.165) is 22.4 Å². The van der Waals surface area contributed by atoms with E-state index >= 15 is 0 Å². The van der Waals surface area contributed by atoms with Crippen molar-refractivity contribution >= 4 is 5.97 Å². The van der Waals surface area contributed by atoms with Gasteiger partial charge in [-0.15, -0.1) is 0 Å². The van der Waals surface area contributed by atoms with Gasteiger partial charge in [0.2, 0.25) is 0 Å². The maximum Gasteiger partial charge on any atom is 0.308 e. The van der Waals surface area contributed by atoms with Gasteiger partial charge in [-0.2, -0.15) is 0 Å². The zero-order chi connectivity index (χ0) is 18.0. The van der Waals surface area contributed by atoms with Crippen LogP contribution in [0.5, 0.6) is 11.5 Å². The minimum atomic E-state index is -0.309. The van der Waals surface area contributed by atoms with Crippen molar-refractivity contribution in [2.45, 2.75) is 66.2 Å². The van der Waals surface area contributed by atoms with Crippen molar-refractivity contribution in [1.29, 1.82) is 0 Å². The average molecular weight is 318 g/mol. The van der Waals surface area contributed by atoms with Gasteiger partial charge in [0, 0.05) is 18.1 Å². The Morgan fingerprint density at radius 1 is 1.00 bits per heavy atom. The van der Waals surface area contributed by atoms with Crippen molar-refractivity contribution < 1.29 is 14.3 Å². The van der Waals surface area contributed by atoms with Gasteiger partial charge in [0.1, 0.15) is 18.1 Å². The number of benzene rings is 1. The molecule has 0 amide bonds. The highest BCUT2D eigenvalue weighted by atomic mass is 16.5. The van der Waals surface area contributed by atoms with Gasteiger partial charge in [0.25, 0.3) is 0 Å². The number of hydrogen-bond donors (Lipinski definition) is 0. The molecule has 23 heavy (non-hydrogen) atoms. The van der Waals surface area contributed by atoms with Crippen LogP contribution in [-0.2, 0) is 15.6 Å². The molecule has 0 fully saturated rings. The number of rotatable bonds is 4. The molecular weight excluding hydrogens is 288 g/mol. The molecule has 3 heteroatoms. The van der Waals surface area contributed by atoms with E-state index in [1.54, 1.807) is 0 Å². The zero-order valence-electron chi connectivity index (χ0n) is 15.8. The normalized spacial score (nSPS) is 12.0. The third kappa shape index (κ3) is 5.42. The Balaban J connectivity index is 3.57. The largest absolute Gasteiger partial charge is 0.489 e. The Hall–Kier alpha value is -1.77. The highest BCUT2D eigenvalue weighted by molar-refractivity contribution is 5.71. The summed E-state index contributed by atoms with van der Waals surface area (Å²) >= 11 is 0. The minimum absolute atomic E-state index is 0.173. The first-order chi connectivity index (χ1) is 10.3. The second kappa shape index (κ2) is 6.77. The lowest BCUT2D eigenvalue weighted by molar-refractivity contribution is -0.132. The van der Waals surface area contributed by atoms with E-state index in [1.165, 1.54) is 6.92 Å². The Kier molecular flexibility index (Phi) is 5.68. The lowest BCUT2D eigenvalue weighted by atomic mass is 9.79. The average Bonchev–Trinajstić information content (AvgIpc) is 2.33. The molecule has 0 aliphatic carbocycles. The lowest BCUT2D eigenvalue weighted by Crippen LogP contribution is -2.21. The first kappa shape index (κ1) is 19.3. The predicted octanol–water partition coefficient (Wildman–Crippen LogP) is 5.16. The monoisotopic (exact) mass is 318 g/mol. The Bertz CT molecular complexity index is 563. The molecule has 0 aromatic heterocycles. The molecule has 0 saturated heterocycles. The molecule has 128 valence electrons. The summed E-state index contributed by atoms with van der Waals surface area (Å²) in [6.45, 7) is 20.3. The quantitative estimate of drug-likeness (QED) is 0.437. The standard InChI is InChI=1S/C20H30O3/c1-13(2)12-22-15-10-16(19(4,5)6)18(23-14(3)21)17(11-15)20(7,8)9/h10-11H,1,12H2,2-9H3. The fraction of sp³-hybridized carbons (Fsp3) is 0.550. The molecule has 0 N–H and O–H groups in total. The number of hydrogen-bond acceptors (Lipinski definition) is 3. The molecule has 0 atom stereocenters. The summed E-state index contributed by atoms with van der Waals surface area (Å²) in [5.41, 5.74) is 2.55. The van der Waals surface area contributed by atoms with Crippen LogP contribution in [0.15, 0.2) is 24.3 Å². The van der Waals surface area contributed by atoms with E-state index in [1.807, 2.05) is 19.1 Å². The number of ether oxygens (including phenoxy) is 2. The van der Waals surface area contributed by atoms with Crippen molar-refractivity contribution in [2.24, 2.45) is 0 Å². The van der Waals surface area contributed by atoms with E-state index in [-0.39, 0.29) is 16.8 Å². The SMILES string of the molecule is C=C(C)COc1cc(C(C)(C)C)c(OC(C)=O)c(C(C)(C)C)c1. The molecule has 0 bridgehead atoms. The maximum absolute atomic E-state index is 11.6. The van der Waals surface area contributed by atoms with E-state index in [2.05, 4.69) is 48.1 Å². The lowest BCUT2D eigenvalue weighted by Gasteiger charge is -2.29. The first-order valence-electron chi connectivity index (χ1n) is 7.97. The topological polar surface area (TPSA) is 35.5 Å². The molecule has 0 saturated carbocycles. The van der Waals surface area contributed by atoms with Gasteiger partial charge in [-0.3, -0.25) is 4.79 Å². The van der Waals surface area contributed by atoms with E-state index < -0.39 is 0 Å². The molecule has 0 radical (unpaired) electrons. The van der Waals surface area contributed by atoms with Crippen LogP contribution in [0.3, 0.4) is 0 Å². The van der Waals surface area contributed by atoms with Crippen molar-refractivity contribution in [2.75, 3.05) is 6.61 Å². The fourth-order valence-corrected chi connectivity index (χ4v) is 2.26. The highest BCUT2D eigenvalue weighted by Crippen LogP contribution is 2.42. The summed E-state index contributed by atoms with van der Waals surface area (Å²) in [7, 11) is 0. The molecule has 0 aliphatic rings. The fourth-order valence-electron chi connectivity index (χ4n) is 2.26. The zero-order valence-corrected chi connectivity index (χ0v) is 15.8. The number of carbonyl (C=O) groups excluding carboxylic acids is 1. The second-order valence-corrected chi connectivity index (χ2v) is 8.19. The summed E-state index contributed by atoms with van der Waals surface area (Å²) < 4.78 is 11.5. The van der Waals surface area contributed by atoms with Crippen LogP contribution >= 0.6 is 0 Å². The Morgan fingerprint density at radius 2 is 1.43 bits per heavy atom. The predicted molar refractivity (Wildman–Crippen MR) is 95.5 cm³/mol. The maximum atomic E-state index is 11.6. The van der Waals surface area contributed by atoms with E-state index in [9.17, 15) is 4.79 Å². The van der Waals surface area contributed by atoms with Crippen molar-refractivity contribution in [3.05, 3.63) is 35.4 Å². The van der Waals surface area contributed by atoms with Gasteiger partial charge in [-0.1, -0.05) is 48.1 Å². The van der Waals surface area contributed by atoms with Crippen LogP contribution in [0.25, 0.3) is 0 Å². The van der Waals surface area contributed by atoms with Gasteiger partial charge in [-0.05, 0) is 35.5 Å². The second-order valence-electron chi connectivity index (χ2n) is 8.19. The van der Waals surface area contributed by atoms with Crippen LogP contribution in [0.2, 0.25) is 0 Å². The summed E-state index contributed by atoms with van der Waals surface area (Å²) in [6, 6.07) is 3.94. The molecule has 0 heterocycles. The van der Waals surface area contributed by atoms with Gasteiger partial charge >= 0.3 is 5.97 Å². The smallest absolute Gasteiger partial charge is 0.308 e. The van der Waals surface area contributed by atoms with Crippen LogP contribution in [0.1, 0.15) is 66.5 Å².